The van der Waals surface area contributed by atoms with Crippen molar-refractivity contribution in [2.45, 2.75) is 27.7 Å². The molecule has 0 amide bonds. The van der Waals surface area contributed by atoms with Crippen molar-refractivity contribution in [3.63, 3.8) is 0 Å². The smallest absolute Gasteiger partial charge is 0.184 e. The van der Waals surface area contributed by atoms with E-state index in [0.717, 1.165) is 0 Å². The van der Waals surface area contributed by atoms with E-state index in [4.69, 9.17) is 0 Å². The summed E-state index contributed by atoms with van der Waals surface area (Å²) in [5.74, 6) is 0.119. The molecule has 0 aromatic heterocycles. The molecule has 0 saturated heterocycles. The van der Waals surface area contributed by atoms with Gasteiger partial charge in [0, 0.05) is 16.7 Å². The van der Waals surface area contributed by atoms with Crippen molar-refractivity contribution in [1.29, 1.82) is 0 Å². The van der Waals surface area contributed by atoms with Crippen molar-refractivity contribution in [1.82, 2.24) is 0 Å². The molecule has 0 saturated carbocycles. The first-order valence-corrected chi connectivity index (χ1v) is 4.43. The summed E-state index contributed by atoms with van der Waals surface area (Å²) >= 11 is 0. The Hall–Kier alpha value is -1.18. The van der Waals surface area contributed by atoms with Gasteiger partial charge in [0.25, 0.3) is 0 Å². The van der Waals surface area contributed by atoms with Crippen LogP contribution < -0.4 is 0 Å². The summed E-state index contributed by atoms with van der Waals surface area (Å²) in [7, 11) is 0. The largest absolute Gasteiger partial charge is 0.290 e. The molecule has 2 nitrogen and oxygen atoms in total. The van der Waals surface area contributed by atoms with E-state index in [0.29, 0.717) is 16.7 Å². The Balaban J connectivity index is 3.21. The molecular formula is C11H14O2. The van der Waals surface area contributed by atoms with E-state index in [1.54, 1.807) is 13.8 Å². The molecule has 70 valence electrons. The average Bonchev–Trinajstić information content (AvgIpc) is 1.99. The Kier molecular flexibility index (Phi) is 2.50. The van der Waals surface area contributed by atoms with Gasteiger partial charge in [0.15, 0.2) is 11.6 Å². The summed E-state index contributed by atoms with van der Waals surface area (Å²) in [4.78, 5) is 23.0. The number of carbonyl (C=O) groups is 2. The van der Waals surface area contributed by atoms with E-state index < -0.39 is 0 Å². The summed E-state index contributed by atoms with van der Waals surface area (Å²) in [6.07, 6.45) is 1.44. The number of carbonyl (C=O) groups excluding carboxylic acids is 2. The van der Waals surface area contributed by atoms with Crippen molar-refractivity contribution in [2.75, 3.05) is 0 Å². The molecule has 0 aliphatic heterocycles. The van der Waals surface area contributed by atoms with Gasteiger partial charge in [-0.1, -0.05) is 13.8 Å². The summed E-state index contributed by atoms with van der Waals surface area (Å²) in [6, 6.07) is 0. The number of rotatable bonds is 1. The highest BCUT2D eigenvalue weighted by atomic mass is 16.1. The molecule has 0 spiro atoms. The molecule has 0 N–H and O–H groups in total. The molecule has 0 heterocycles. The average molecular weight is 178 g/mol. The molecule has 0 aromatic carbocycles. The number of allylic oxidation sites excluding steroid dienone is 4. The Morgan fingerprint density at radius 3 is 2.15 bits per heavy atom. The molecular weight excluding hydrogens is 164 g/mol. The van der Waals surface area contributed by atoms with Gasteiger partial charge in [0.2, 0.25) is 0 Å². The fraction of sp³-hybridized carbons (Fsp3) is 0.455. The van der Waals surface area contributed by atoms with Gasteiger partial charge in [-0.15, -0.1) is 0 Å². The standard InChI is InChI=1S/C11H14O2/c1-6(2)10-8(4)11(13)7(3)5-9(10)12/h5-6H,1-4H3. The molecule has 0 bridgehead atoms. The summed E-state index contributed by atoms with van der Waals surface area (Å²) in [5, 5.41) is 0. The molecule has 0 fully saturated rings. The van der Waals surface area contributed by atoms with Crippen LogP contribution in [0.25, 0.3) is 0 Å². The maximum Gasteiger partial charge on any atom is 0.184 e. The van der Waals surface area contributed by atoms with Crippen LogP contribution in [0.5, 0.6) is 0 Å². The Bertz CT molecular complexity index is 330. The molecule has 0 aromatic rings. The van der Waals surface area contributed by atoms with Gasteiger partial charge in [-0.25, -0.2) is 0 Å². The lowest BCUT2D eigenvalue weighted by molar-refractivity contribution is -0.116. The van der Waals surface area contributed by atoms with Crippen molar-refractivity contribution in [3.05, 3.63) is 22.8 Å². The zero-order valence-corrected chi connectivity index (χ0v) is 8.47. The quantitative estimate of drug-likeness (QED) is 0.576. The maximum atomic E-state index is 11.5. The van der Waals surface area contributed by atoms with Gasteiger partial charge in [-0.3, -0.25) is 9.59 Å². The Labute approximate surface area is 78.3 Å². The maximum absolute atomic E-state index is 11.5. The van der Waals surface area contributed by atoms with Gasteiger partial charge in [0.05, 0.1) is 0 Å². The van der Waals surface area contributed by atoms with Crippen molar-refractivity contribution >= 4 is 11.6 Å². The monoisotopic (exact) mass is 178 g/mol. The zero-order chi connectivity index (χ0) is 10.2. The third kappa shape index (κ3) is 1.62. The van der Waals surface area contributed by atoms with Crippen LogP contribution in [0.1, 0.15) is 27.7 Å². The van der Waals surface area contributed by atoms with Gasteiger partial charge >= 0.3 is 0 Å². The molecule has 1 rings (SSSR count). The van der Waals surface area contributed by atoms with Gasteiger partial charge < -0.3 is 0 Å². The first-order valence-electron chi connectivity index (χ1n) is 4.43. The van der Waals surface area contributed by atoms with Crippen molar-refractivity contribution < 1.29 is 9.59 Å². The highest BCUT2D eigenvalue weighted by Gasteiger charge is 2.24. The summed E-state index contributed by atoms with van der Waals surface area (Å²) < 4.78 is 0. The second-order valence-corrected chi connectivity index (χ2v) is 3.71. The zero-order valence-electron chi connectivity index (χ0n) is 8.47. The molecule has 0 radical (unpaired) electrons. The number of hydrogen-bond donors (Lipinski definition) is 0. The van der Waals surface area contributed by atoms with E-state index in [-0.39, 0.29) is 17.5 Å². The van der Waals surface area contributed by atoms with E-state index in [2.05, 4.69) is 0 Å². The van der Waals surface area contributed by atoms with Crippen LogP contribution in [-0.4, -0.2) is 11.6 Å². The highest BCUT2D eigenvalue weighted by molar-refractivity contribution is 6.22. The van der Waals surface area contributed by atoms with Gasteiger partial charge in [0.1, 0.15) is 0 Å². The topological polar surface area (TPSA) is 34.1 Å². The lowest BCUT2D eigenvalue weighted by atomic mass is 9.85. The summed E-state index contributed by atoms with van der Waals surface area (Å²) in [6.45, 7) is 7.27. The van der Waals surface area contributed by atoms with Crippen LogP contribution in [-0.2, 0) is 9.59 Å². The second kappa shape index (κ2) is 3.29. The second-order valence-electron chi connectivity index (χ2n) is 3.71. The lowest BCUT2D eigenvalue weighted by Crippen LogP contribution is -2.19. The van der Waals surface area contributed by atoms with E-state index >= 15 is 0 Å². The SMILES string of the molecule is CC1=CC(=O)C(C(C)C)=C(C)C1=O. The third-order valence-corrected chi connectivity index (χ3v) is 2.29. The minimum Gasteiger partial charge on any atom is -0.290 e. The molecule has 1 aliphatic carbocycles. The molecule has 1 aliphatic rings. The van der Waals surface area contributed by atoms with Crippen LogP contribution in [0, 0.1) is 5.92 Å². The normalized spacial score (nSPS) is 18.4. The van der Waals surface area contributed by atoms with Crippen LogP contribution in [0.2, 0.25) is 0 Å². The first-order chi connectivity index (χ1) is 5.95. The molecule has 0 unspecified atom stereocenters. The fourth-order valence-electron chi connectivity index (χ4n) is 1.66. The van der Waals surface area contributed by atoms with Crippen LogP contribution in [0.15, 0.2) is 22.8 Å². The van der Waals surface area contributed by atoms with Crippen LogP contribution in [0.4, 0.5) is 0 Å². The van der Waals surface area contributed by atoms with Gasteiger partial charge in [-0.05, 0) is 25.8 Å². The highest BCUT2D eigenvalue weighted by Crippen LogP contribution is 2.24. The van der Waals surface area contributed by atoms with Gasteiger partial charge in [-0.2, -0.15) is 0 Å². The fourth-order valence-corrected chi connectivity index (χ4v) is 1.66. The summed E-state index contributed by atoms with van der Waals surface area (Å²) in [5.41, 5.74) is 1.82. The third-order valence-electron chi connectivity index (χ3n) is 2.29. The van der Waals surface area contributed by atoms with E-state index in [9.17, 15) is 9.59 Å². The molecule has 2 heteroatoms. The minimum absolute atomic E-state index is 0.00306. The lowest BCUT2D eigenvalue weighted by Gasteiger charge is -2.16. The first kappa shape index (κ1) is 9.90. The predicted octanol–water partition coefficient (Wildman–Crippen LogP) is 2.06. The van der Waals surface area contributed by atoms with E-state index in [1.807, 2.05) is 13.8 Å². The Morgan fingerprint density at radius 1 is 1.15 bits per heavy atom. The molecule has 13 heavy (non-hydrogen) atoms. The molecule has 0 atom stereocenters. The van der Waals surface area contributed by atoms with Crippen LogP contribution in [0.3, 0.4) is 0 Å². The predicted molar refractivity (Wildman–Crippen MR) is 51.3 cm³/mol. The minimum atomic E-state index is -0.00963. The van der Waals surface area contributed by atoms with Crippen molar-refractivity contribution in [3.8, 4) is 0 Å². The number of ketones is 2. The van der Waals surface area contributed by atoms with E-state index in [1.165, 1.54) is 6.08 Å². The van der Waals surface area contributed by atoms with Crippen LogP contribution >= 0.6 is 0 Å². The van der Waals surface area contributed by atoms with Crippen molar-refractivity contribution in [2.24, 2.45) is 5.92 Å². The Morgan fingerprint density at radius 2 is 1.69 bits per heavy atom. The number of hydrogen-bond acceptors (Lipinski definition) is 2. The number of Topliss-reactive ketones (excluding diaryl/α,β-unsaturated/α-hetero) is 1.